The Hall–Kier alpha value is -8.22. The molecule has 0 unspecified atom stereocenters. The van der Waals surface area contributed by atoms with Gasteiger partial charge < -0.3 is 59.3 Å². The first kappa shape index (κ1) is 39.3. The number of H-pyrrole nitrogens is 6. The Kier molecular flexibility index (Phi) is 14.8. The third kappa shape index (κ3) is 31.9. The molecule has 0 aliphatic heterocycles. The zero-order chi connectivity index (χ0) is 148. The van der Waals surface area contributed by atoms with Crippen LogP contribution >= 0.6 is 0 Å². The number of rotatable bonds is 36. The summed E-state index contributed by atoms with van der Waals surface area (Å²) in [7, 11) is -14.5. The average Bonchev–Trinajstić information content (AvgIpc) is 1.59. The van der Waals surface area contributed by atoms with Crippen LogP contribution in [-0.4, -0.2) is 275 Å². The van der Waals surface area contributed by atoms with Crippen LogP contribution in [0.4, 0.5) is 0 Å². The van der Waals surface area contributed by atoms with Gasteiger partial charge in [0.1, 0.15) is 0 Å². The van der Waals surface area contributed by atoms with Gasteiger partial charge in [-0.1, -0.05) is 36.3 Å². The summed E-state index contributed by atoms with van der Waals surface area (Å²) in [5.74, 6) is -6.02. The van der Waals surface area contributed by atoms with Crippen molar-refractivity contribution < 1.29 is 145 Å². The quantitative estimate of drug-likeness (QED) is 0.0177. The Bertz CT molecular complexity index is 9530. The first-order valence-electron chi connectivity index (χ1n) is 67.8. The largest absolute Gasteiger partial charge is 0.361 e. The summed E-state index contributed by atoms with van der Waals surface area (Å²) in [6.45, 7) is -40.5. The van der Waals surface area contributed by atoms with E-state index in [4.69, 9.17) is 94.6 Å². The number of aromatic nitrogens is 6. The first-order chi connectivity index (χ1) is 84.0. The van der Waals surface area contributed by atoms with Crippen molar-refractivity contribution in [2.75, 3.05) is 165 Å². The highest BCUT2D eigenvalue weighted by Gasteiger charge is 2.19. The summed E-state index contributed by atoms with van der Waals surface area (Å²) in [4.78, 5) is 17.0. The lowest BCUT2D eigenvalue weighted by atomic mass is 10.1. The number of nitrogens with one attached hydrogen (secondary N) is 12. The fourth-order valence-electron chi connectivity index (χ4n) is 9.07. The van der Waals surface area contributed by atoms with Crippen molar-refractivity contribution in [3.05, 3.63) is 213 Å². The van der Waals surface area contributed by atoms with Crippen molar-refractivity contribution in [1.29, 1.82) is 0 Å². The van der Waals surface area contributed by atoms with Gasteiger partial charge in [0.2, 0.25) is 60.1 Å². The van der Waals surface area contributed by atoms with Gasteiger partial charge in [0.15, 0.2) is 0 Å². The molecule has 120 heavy (non-hydrogen) atoms. The van der Waals surface area contributed by atoms with Crippen LogP contribution in [-0.2, 0) is 133 Å². The number of hydrogen-bond donors (Lipinski definition) is 12. The van der Waals surface area contributed by atoms with Crippen molar-refractivity contribution in [2.45, 2.75) is 72.8 Å². The predicted octanol–water partition coefficient (Wildman–Crippen LogP) is 7.93. The lowest BCUT2D eigenvalue weighted by Gasteiger charge is -2.08. The van der Waals surface area contributed by atoms with Crippen LogP contribution in [0, 0.1) is 0 Å². The maximum absolute atomic E-state index is 12.3. The molecule has 36 heteroatoms. The Morgan fingerprint density at radius 1 is 0.275 bits per heavy atom. The van der Waals surface area contributed by atoms with Gasteiger partial charge in [-0.25, -0.2) is 78.8 Å². The number of sulfonamides is 6. The van der Waals surface area contributed by atoms with Gasteiger partial charge in [0.25, 0.3) is 0 Å². The maximum atomic E-state index is 12.3. The van der Waals surface area contributed by atoms with Gasteiger partial charge in [-0.3, -0.25) is 0 Å². The van der Waals surface area contributed by atoms with Crippen molar-refractivity contribution >= 4 is 126 Å². The van der Waals surface area contributed by atoms with E-state index in [0.717, 1.165) is 45.0 Å². The van der Waals surface area contributed by atoms with E-state index >= 15 is 0 Å². The highest BCUT2D eigenvalue weighted by molar-refractivity contribution is 7.90. The average molecular weight is 1840 g/mol. The van der Waals surface area contributed by atoms with Gasteiger partial charge >= 0.3 is 0 Å². The normalized spacial score (nSPS) is 22.8. The summed E-state index contributed by atoms with van der Waals surface area (Å²) in [5.41, 5.74) is -8.36. The van der Waals surface area contributed by atoms with Gasteiger partial charge in [0.05, 0.1) is 67.4 Å². The Morgan fingerprint density at radius 2 is 0.483 bits per heavy atom. The summed E-state index contributed by atoms with van der Waals surface area (Å²) in [6.07, 6.45) is -21.0. The van der Waals surface area contributed by atoms with Crippen LogP contribution in [0.1, 0.15) is 161 Å². The molecule has 0 amide bonds. The van der Waals surface area contributed by atoms with Crippen LogP contribution < -0.4 is 28.3 Å². The number of aromatic amines is 6. The highest BCUT2D eigenvalue weighted by Crippen LogP contribution is 2.28. The van der Waals surface area contributed by atoms with Crippen molar-refractivity contribution in [2.24, 2.45) is 0 Å². The molecule has 0 saturated carbocycles. The molecule has 12 aromatic rings. The monoisotopic (exact) mass is 1840 g/mol. The Balaban J connectivity index is 0.000000302. The SMILES string of the molecule is [2H]c1[nH]c2c([2H])c([2H])c(CS(=O)(=O)NC([2H])([2H])[2H])c([2H])c2c1C([2H])([2H])CN(C([2H])([2H])[2H])C([2H])([2H])[2H].[2H]c1[nH]c2c([2H])c([2H])c(CS(=O)(=O)NC([2H])([2H])[2H])c([2H])c2c1C([2H])([2H])CN(C)C.[2H]c1[nH]c2c([2H])c([2H])c(CS(=O)(=O)NC([2H])([2H])[2H])c([2H])c2c1C([2H])([2H])CN(C)C([2H])([2H])[2H].[2H]c1[nH]c2c([2H])c([2H])c(CS(=O)(=O)NC)c([2H])c2c1C([2H])([2H])C([2H])([2H])N(C([2H])([2H])[2H])C([2H])([2H])[2H].[2H]c1[nH]c2c([2H])c([2H])c(CS(=O)(=O)NC)c([2H])c2c1C([2H])([2H])C([2H])([2H])N(C)C.[2H]c1[nH]c2c([2H])c([2H])c(CS(=O)(=O)NC)c([2H])c2c1C([2H])([2H])C([2H])([2H])N(C)C([2H])([2H])[2H]. The fourth-order valence-corrected chi connectivity index (χ4v) is 12.9. The van der Waals surface area contributed by atoms with Gasteiger partial charge in [-0.15, -0.1) is 0 Å². The van der Waals surface area contributed by atoms with Crippen LogP contribution in [0.5, 0.6) is 0 Å². The molecule has 0 aliphatic carbocycles. The molecule has 0 bridgehead atoms. The molecular formula is C84H126N18O12S6. The minimum Gasteiger partial charge on any atom is -0.361 e. The van der Waals surface area contributed by atoms with E-state index in [-0.39, 0.29) is 71.9 Å². The molecule has 0 radical (unpaired) electrons. The summed E-state index contributed by atoms with van der Waals surface area (Å²) < 4.78 is 698. The standard InChI is InChI=1S/6C14H21N3O2S/c6*1-15-20(18,19)10-11-4-5-14-13(8-11)12(9-16-14)6-7-17(2)3/h6*4-5,8-9,15-16H,6-7,10H2,1-3H3/i2D3,3D3,4D,5D,6D2,7D2,8D,9D;1D3,2D3,3D3,4D,5D,6D2,8D,9D;2D3,4D,5D,6D2,7D2,8D,9D;1D3,2D3,4D,5D,6D2,8D,9D;4D,5D,6D2,7D2,8D,9D;1D3,4D,5D,6D2,8D,9D. The molecular weight excluding hydrogens is 1650 g/mol. The van der Waals surface area contributed by atoms with E-state index in [2.05, 4.69) is 34.6 Å². The van der Waals surface area contributed by atoms with Crippen LogP contribution in [0.15, 0.2) is 146 Å². The van der Waals surface area contributed by atoms with Gasteiger partial charge in [-0.05, 0) is 304 Å². The summed E-state index contributed by atoms with van der Waals surface area (Å²) in [5, 5.41) is -2.42. The number of nitrogens with zero attached hydrogens (tertiary/aromatic N) is 6. The Morgan fingerprint density at radius 3 is 0.700 bits per heavy atom. The second kappa shape index (κ2) is 45.2. The molecule has 0 aliphatic rings. The maximum Gasteiger partial charge on any atom is 0.215 e. The van der Waals surface area contributed by atoms with Crippen molar-refractivity contribution in [3.63, 3.8) is 0 Å². The van der Waals surface area contributed by atoms with E-state index in [9.17, 15) is 50.5 Å². The van der Waals surface area contributed by atoms with Gasteiger partial charge in [-0.2, -0.15) is 0 Å². The second-order valence-corrected chi connectivity index (χ2v) is 35.5. The highest BCUT2D eigenvalue weighted by atomic mass is 32.2. The van der Waals surface area contributed by atoms with E-state index in [1.54, 1.807) is 14.1 Å². The fraction of sp³-hybridized carbons (Fsp3) is 0.429. The summed E-state index contributed by atoms with van der Waals surface area (Å²) in [6, 6.07) is -11.7. The number of fused-ring (bicyclic) bond motifs is 6. The number of benzene rings is 6. The zero-order valence-electron chi connectivity index (χ0n) is 133. The smallest absolute Gasteiger partial charge is 0.215 e. The number of likely N-dealkylation sites (N-methyl/N-ethyl adjacent to an activating group) is 6. The lowest BCUT2D eigenvalue weighted by molar-refractivity contribution is 0.414. The minimum atomic E-state index is -4.67. The van der Waals surface area contributed by atoms with Gasteiger partial charge in [0, 0.05) is 203 Å². The van der Waals surface area contributed by atoms with E-state index in [1.165, 1.54) is 33.2 Å². The molecule has 30 nitrogen and oxygen atoms in total. The third-order valence-corrected chi connectivity index (χ3v) is 21.3. The third-order valence-electron chi connectivity index (χ3n) is 14.5. The molecule has 0 fully saturated rings. The topological polar surface area (TPSA) is 391 Å². The van der Waals surface area contributed by atoms with Crippen LogP contribution in [0.25, 0.3) is 65.4 Å². The van der Waals surface area contributed by atoms with E-state index in [0.29, 0.717) is 0 Å². The summed E-state index contributed by atoms with van der Waals surface area (Å²) >= 11 is 0. The molecule has 12 rings (SSSR count). The first-order valence-corrected chi connectivity index (χ1v) is 43.2. The van der Waals surface area contributed by atoms with E-state index in [1.807, 2.05) is 9.44 Å². The lowest BCUT2D eigenvalue weighted by Crippen LogP contribution is -2.20. The number of hydrogen-bond acceptors (Lipinski definition) is 18. The van der Waals surface area contributed by atoms with Crippen LogP contribution in [0.3, 0.4) is 0 Å². The molecule has 6 aromatic heterocycles. The molecule has 6 aromatic carbocycles. The molecule has 660 valence electrons. The number of aryl methyl sites for hydroxylation is 3. The molecule has 6 heterocycles. The van der Waals surface area contributed by atoms with Crippen molar-refractivity contribution in [3.8, 4) is 0 Å². The Labute approximate surface area is 808 Å². The second-order valence-electron chi connectivity index (χ2n) is 24.6. The molecule has 0 saturated heterocycles. The van der Waals surface area contributed by atoms with Crippen LogP contribution in [0.2, 0.25) is 0 Å². The molecule has 0 atom stereocenters. The van der Waals surface area contributed by atoms with E-state index < -0.39 is 456 Å². The minimum absolute atomic E-state index is 0.0893. The molecule has 0 spiro atoms. The predicted molar refractivity (Wildman–Crippen MR) is 493 cm³/mol. The van der Waals surface area contributed by atoms with Crippen molar-refractivity contribution in [1.82, 2.24) is 87.6 Å². The molecule has 12 N–H and O–H groups in total. The zero-order valence-corrected chi connectivity index (χ0v) is 69.3.